The molecule has 2 N–H and O–H groups in total. The van der Waals surface area contributed by atoms with Gasteiger partial charge in [0.15, 0.2) is 11.5 Å². The molecule has 0 bridgehead atoms. The second-order valence-corrected chi connectivity index (χ2v) is 7.37. The highest BCUT2D eigenvalue weighted by molar-refractivity contribution is 5.75. The lowest BCUT2D eigenvalue weighted by molar-refractivity contribution is -0.149. The molecule has 0 saturated heterocycles. The van der Waals surface area contributed by atoms with Crippen LogP contribution in [0.4, 0.5) is 0 Å². The molecular formula is C21H29NO8. The number of hydrogen-bond donors (Lipinski definition) is 2. The molecule has 0 amide bonds. The van der Waals surface area contributed by atoms with Crippen molar-refractivity contribution in [2.75, 3.05) is 6.54 Å². The van der Waals surface area contributed by atoms with E-state index in [4.69, 9.17) is 14.2 Å². The minimum absolute atomic E-state index is 0.0234. The van der Waals surface area contributed by atoms with E-state index in [9.17, 15) is 24.3 Å². The Labute approximate surface area is 175 Å². The molecule has 0 fully saturated rings. The molecule has 1 aromatic rings. The standard InChI is InChI=1S/C21H29NO8/c1-12(2)8-20(25)28-13(3)11-22-17(21(26)27)9-16-6-7-18(29-14(4)23)19(10-16)30-15(5)24/h6-7,10,12-13,17,22H,8-9,11H2,1-5H3,(H,26,27)/t13?,17-/m0/s1. The van der Waals surface area contributed by atoms with Gasteiger partial charge in [-0.15, -0.1) is 0 Å². The van der Waals surface area contributed by atoms with Gasteiger partial charge in [-0.3, -0.25) is 19.2 Å². The molecule has 9 nitrogen and oxygen atoms in total. The highest BCUT2D eigenvalue weighted by atomic mass is 16.6. The summed E-state index contributed by atoms with van der Waals surface area (Å²) >= 11 is 0. The van der Waals surface area contributed by atoms with E-state index in [1.807, 2.05) is 13.8 Å². The molecule has 0 aliphatic carbocycles. The van der Waals surface area contributed by atoms with Crippen molar-refractivity contribution in [1.82, 2.24) is 5.32 Å². The first kappa shape index (κ1) is 25.1. The van der Waals surface area contributed by atoms with Crippen LogP contribution in [0.5, 0.6) is 11.5 Å². The van der Waals surface area contributed by atoms with Crippen LogP contribution < -0.4 is 14.8 Å². The smallest absolute Gasteiger partial charge is 0.321 e. The van der Waals surface area contributed by atoms with E-state index >= 15 is 0 Å². The molecule has 9 heteroatoms. The van der Waals surface area contributed by atoms with Crippen LogP contribution in [0.15, 0.2) is 18.2 Å². The van der Waals surface area contributed by atoms with Crippen LogP contribution in [0.2, 0.25) is 0 Å². The van der Waals surface area contributed by atoms with E-state index in [1.54, 1.807) is 13.0 Å². The Morgan fingerprint density at radius 3 is 2.13 bits per heavy atom. The lowest BCUT2D eigenvalue weighted by Gasteiger charge is -2.19. The number of carbonyl (C=O) groups is 4. The van der Waals surface area contributed by atoms with E-state index in [-0.39, 0.29) is 36.4 Å². The third-order valence-corrected chi connectivity index (χ3v) is 3.81. The fraction of sp³-hybridized carbons (Fsp3) is 0.524. The third kappa shape index (κ3) is 9.51. The van der Waals surface area contributed by atoms with Crippen LogP contribution >= 0.6 is 0 Å². The number of hydrogen-bond acceptors (Lipinski definition) is 8. The predicted molar refractivity (Wildman–Crippen MR) is 107 cm³/mol. The number of benzene rings is 1. The molecule has 0 heterocycles. The molecule has 0 radical (unpaired) electrons. The summed E-state index contributed by atoms with van der Waals surface area (Å²) in [7, 11) is 0. The second kappa shape index (κ2) is 11.9. The van der Waals surface area contributed by atoms with Crippen molar-refractivity contribution in [3.8, 4) is 11.5 Å². The zero-order valence-corrected chi connectivity index (χ0v) is 17.9. The summed E-state index contributed by atoms with van der Waals surface area (Å²) < 4.78 is 15.3. The summed E-state index contributed by atoms with van der Waals surface area (Å²) in [5.74, 6) is -2.35. The molecule has 1 aromatic carbocycles. The van der Waals surface area contributed by atoms with E-state index in [0.29, 0.717) is 12.0 Å². The average Bonchev–Trinajstić information content (AvgIpc) is 2.58. The van der Waals surface area contributed by atoms with E-state index in [2.05, 4.69) is 5.32 Å². The van der Waals surface area contributed by atoms with Gasteiger partial charge in [0, 0.05) is 26.8 Å². The highest BCUT2D eigenvalue weighted by Gasteiger charge is 2.21. The van der Waals surface area contributed by atoms with Crippen molar-refractivity contribution < 1.29 is 38.5 Å². The van der Waals surface area contributed by atoms with Gasteiger partial charge in [0.1, 0.15) is 12.1 Å². The lowest BCUT2D eigenvalue weighted by atomic mass is 10.0. The lowest BCUT2D eigenvalue weighted by Crippen LogP contribution is -2.42. The Balaban J connectivity index is 2.82. The first-order valence-electron chi connectivity index (χ1n) is 9.63. The Morgan fingerprint density at radius 2 is 1.60 bits per heavy atom. The van der Waals surface area contributed by atoms with Gasteiger partial charge < -0.3 is 24.6 Å². The Bertz CT molecular complexity index is 774. The van der Waals surface area contributed by atoms with Crippen molar-refractivity contribution in [3.63, 3.8) is 0 Å². The minimum atomic E-state index is -1.09. The maximum Gasteiger partial charge on any atom is 0.321 e. The topological polar surface area (TPSA) is 128 Å². The molecule has 0 aliphatic rings. The second-order valence-electron chi connectivity index (χ2n) is 7.37. The van der Waals surface area contributed by atoms with Crippen molar-refractivity contribution in [1.29, 1.82) is 0 Å². The predicted octanol–water partition coefficient (Wildman–Crippen LogP) is 2.10. The Hall–Kier alpha value is -2.94. The highest BCUT2D eigenvalue weighted by Crippen LogP contribution is 2.29. The zero-order valence-electron chi connectivity index (χ0n) is 17.9. The molecule has 166 valence electrons. The van der Waals surface area contributed by atoms with Gasteiger partial charge in [-0.25, -0.2) is 0 Å². The van der Waals surface area contributed by atoms with E-state index in [0.717, 1.165) is 0 Å². The van der Waals surface area contributed by atoms with Gasteiger partial charge in [0.25, 0.3) is 0 Å². The largest absolute Gasteiger partial charge is 0.480 e. The number of carboxylic acids is 1. The number of nitrogens with one attached hydrogen (secondary N) is 1. The molecular weight excluding hydrogens is 394 g/mol. The molecule has 0 aliphatic heterocycles. The Kier molecular flexibility index (Phi) is 9.97. The number of carbonyl (C=O) groups excluding carboxylic acids is 3. The van der Waals surface area contributed by atoms with Crippen molar-refractivity contribution >= 4 is 23.9 Å². The molecule has 2 atom stereocenters. The van der Waals surface area contributed by atoms with Crippen LogP contribution in [0.1, 0.15) is 46.6 Å². The number of ether oxygens (including phenoxy) is 3. The van der Waals surface area contributed by atoms with Gasteiger partial charge in [-0.05, 0) is 37.0 Å². The maximum atomic E-state index is 11.7. The number of esters is 3. The van der Waals surface area contributed by atoms with Gasteiger partial charge in [0.05, 0.1) is 0 Å². The molecule has 0 spiro atoms. The molecule has 0 aromatic heterocycles. The van der Waals surface area contributed by atoms with E-state index in [1.165, 1.54) is 26.0 Å². The molecule has 1 unspecified atom stereocenters. The van der Waals surface area contributed by atoms with Crippen molar-refractivity contribution in [3.05, 3.63) is 23.8 Å². The summed E-state index contributed by atoms with van der Waals surface area (Å²) in [5, 5.41) is 12.4. The summed E-state index contributed by atoms with van der Waals surface area (Å²) in [5.41, 5.74) is 0.548. The molecule has 0 saturated carbocycles. The quantitative estimate of drug-likeness (QED) is 0.406. The first-order chi connectivity index (χ1) is 14.0. The van der Waals surface area contributed by atoms with E-state index < -0.39 is 30.1 Å². The molecule has 30 heavy (non-hydrogen) atoms. The monoisotopic (exact) mass is 423 g/mol. The van der Waals surface area contributed by atoms with Crippen LogP contribution in [0, 0.1) is 5.92 Å². The first-order valence-corrected chi connectivity index (χ1v) is 9.63. The number of aliphatic carboxylic acids is 1. The summed E-state index contributed by atoms with van der Waals surface area (Å²) in [6.07, 6.45) is -0.141. The van der Waals surface area contributed by atoms with Gasteiger partial charge in [-0.2, -0.15) is 0 Å². The van der Waals surface area contributed by atoms with Crippen LogP contribution in [0.3, 0.4) is 0 Å². The summed E-state index contributed by atoms with van der Waals surface area (Å²) in [6, 6.07) is 3.49. The maximum absolute atomic E-state index is 11.7. The summed E-state index contributed by atoms with van der Waals surface area (Å²) in [4.78, 5) is 45.9. The normalized spacial score (nSPS) is 12.7. The average molecular weight is 423 g/mol. The zero-order chi connectivity index (χ0) is 22.8. The summed E-state index contributed by atoms with van der Waals surface area (Å²) in [6.45, 7) is 8.06. The van der Waals surface area contributed by atoms with Crippen molar-refractivity contribution in [2.45, 2.75) is 59.6 Å². The fourth-order valence-corrected chi connectivity index (χ4v) is 2.59. The third-order valence-electron chi connectivity index (χ3n) is 3.81. The number of carboxylic acid groups (broad SMARTS) is 1. The van der Waals surface area contributed by atoms with Gasteiger partial charge in [0.2, 0.25) is 0 Å². The van der Waals surface area contributed by atoms with Crippen LogP contribution in [0.25, 0.3) is 0 Å². The van der Waals surface area contributed by atoms with Gasteiger partial charge >= 0.3 is 23.9 Å². The molecule has 1 rings (SSSR count). The SMILES string of the molecule is CC(=O)Oc1ccc(C[C@H](NCC(C)OC(=O)CC(C)C)C(=O)O)cc1OC(C)=O. The van der Waals surface area contributed by atoms with Crippen molar-refractivity contribution in [2.24, 2.45) is 5.92 Å². The fourth-order valence-electron chi connectivity index (χ4n) is 2.59. The Morgan fingerprint density at radius 1 is 1.00 bits per heavy atom. The van der Waals surface area contributed by atoms with Crippen LogP contribution in [-0.2, 0) is 30.3 Å². The number of rotatable bonds is 11. The minimum Gasteiger partial charge on any atom is -0.480 e. The van der Waals surface area contributed by atoms with Gasteiger partial charge in [-0.1, -0.05) is 19.9 Å². The van der Waals surface area contributed by atoms with Crippen LogP contribution in [-0.4, -0.2) is 47.7 Å².